The Kier molecular flexibility index (Phi) is 25.9. The van der Waals surface area contributed by atoms with Crippen molar-refractivity contribution in [1.82, 2.24) is 4.90 Å². The lowest BCUT2D eigenvalue weighted by Crippen LogP contribution is -2.61. The Morgan fingerprint density at radius 1 is 0.849 bits per heavy atom. The number of aliphatic hydroxyl groups is 2. The van der Waals surface area contributed by atoms with Gasteiger partial charge in [-0.15, -0.1) is 12.3 Å². The van der Waals surface area contributed by atoms with Gasteiger partial charge >= 0.3 is 5.97 Å². The van der Waals surface area contributed by atoms with Crippen LogP contribution in [0.5, 0.6) is 0 Å². The second kappa shape index (κ2) is 30.7. The van der Waals surface area contributed by atoms with E-state index in [0.29, 0.717) is 57.1 Å². The number of fused-ring (bicyclic) bond motifs is 3. The summed E-state index contributed by atoms with van der Waals surface area (Å²) in [6.45, 7) is 13.5. The number of terminal acetylenes is 1. The molecule has 1 aliphatic carbocycles. The number of Topliss-reactive ketones (excluding diaryl/α,β-unsaturated/α-hetero) is 3. The number of unbranched alkanes of at least 4 members (excludes halogenated alkanes) is 4. The summed E-state index contributed by atoms with van der Waals surface area (Å²) >= 11 is 0. The Morgan fingerprint density at radius 3 is 2.29 bits per heavy atom. The van der Waals surface area contributed by atoms with E-state index in [1.54, 1.807) is 41.1 Å². The molecule has 14 heteroatoms. The molecule has 14 nitrogen and oxygen atoms in total. The van der Waals surface area contributed by atoms with Gasteiger partial charge in [0.05, 0.1) is 24.4 Å². The van der Waals surface area contributed by atoms with E-state index in [-0.39, 0.29) is 60.9 Å². The summed E-state index contributed by atoms with van der Waals surface area (Å²) in [5.74, 6) is -5.11. The minimum Gasteiger partial charge on any atom is -0.460 e. The zero-order chi connectivity index (χ0) is 53.8. The van der Waals surface area contributed by atoms with E-state index in [0.717, 1.165) is 56.9 Å². The van der Waals surface area contributed by atoms with E-state index in [1.165, 1.54) is 12.0 Å². The van der Waals surface area contributed by atoms with Crippen LogP contribution in [0.2, 0.25) is 0 Å². The standard InChI is InChI=1S/C59H91NO13/c1-12-13-14-15-16-22-31-71-49-29-27-45(35-52(49)69-10)34-41(5)51-37-48(61)40(4)33-43(7)54(63)55(70-11)53(62)42(6)32-38(2)23-18-17-19-24-39(3)50(68-9)36-46-28-26-44(8)59(67,73-46)56(64)57(65)60-30-21-20-25-47(60)58(66)72-51/h1,17-19,23-24,33,38,40-42,44-47,49-52,54-55,63,67H,13-16,20-22,25-32,34-37H2,2-11H3/b19-17+,23-18+,39-24+,43-33+/t38-,40-,41-,42-,44-,45+,46+,47+,49-,50+,51+,52-,54-,55+,59-/m1/s1. The molecule has 4 aliphatic rings. The monoisotopic (exact) mass is 1020 g/mol. The van der Waals surface area contributed by atoms with E-state index in [9.17, 15) is 34.2 Å². The van der Waals surface area contributed by atoms with Crippen LogP contribution in [0.25, 0.3) is 0 Å². The number of hydrogen-bond donors (Lipinski definition) is 2. The fourth-order valence-corrected chi connectivity index (χ4v) is 11.2. The van der Waals surface area contributed by atoms with Crippen LogP contribution in [-0.2, 0) is 52.4 Å². The van der Waals surface area contributed by atoms with Crippen LogP contribution in [0.3, 0.4) is 0 Å². The molecule has 0 spiro atoms. The Labute approximate surface area is 437 Å². The summed E-state index contributed by atoms with van der Waals surface area (Å²) in [5, 5.41) is 23.6. The van der Waals surface area contributed by atoms with Gasteiger partial charge < -0.3 is 43.5 Å². The molecular weight excluding hydrogens is 931 g/mol. The topological polar surface area (TPSA) is 184 Å². The van der Waals surface area contributed by atoms with E-state index < -0.39 is 77.8 Å². The van der Waals surface area contributed by atoms with Gasteiger partial charge in [0, 0.05) is 71.5 Å². The molecule has 73 heavy (non-hydrogen) atoms. The highest BCUT2D eigenvalue weighted by molar-refractivity contribution is 6.39. The molecule has 2 bridgehead atoms. The molecule has 0 aromatic rings. The fourth-order valence-electron chi connectivity index (χ4n) is 11.2. The third kappa shape index (κ3) is 17.9. The fraction of sp³-hybridized carbons (Fsp3) is 0.746. The predicted molar refractivity (Wildman–Crippen MR) is 281 cm³/mol. The maximum atomic E-state index is 14.6. The van der Waals surface area contributed by atoms with Crippen LogP contribution >= 0.6 is 0 Å². The lowest BCUT2D eigenvalue weighted by molar-refractivity contribution is -0.265. The zero-order valence-corrected chi connectivity index (χ0v) is 45.9. The number of nitrogens with zero attached hydrogens (tertiary/aromatic N) is 1. The van der Waals surface area contributed by atoms with Crippen molar-refractivity contribution in [2.75, 3.05) is 34.5 Å². The van der Waals surface area contributed by atoms with Crippen LogP contribution in [0.1, 0.15) is 158 Å². The number of ketones is 3. The van der Waals surface area contributed by atoms with Crippen molar-refractivity contribution in [3.8, 4) is 12.3 Å². The van der Waals surface area contributed by atoms with Crippen LogP contribution in [0.4, 0.5) is 0 Å². The first-order valence-electron chi connectivity index (χ1n) is 27.3. The molecule has 0 aromatic carbocycles. The summed E-state index contributed by atoms with van der Waals surface area (Å²) in [6.07, 6.45) is 22.9. The van der Waals surface area contributed by atoms with Crippen LogP contribution in [-0.4, -0.2) is 133 Å². The van der Waals surface area contributed by atoms with Crippen molar-refractivity contribution in [3.63, 3.8) is 0 Å². The predicted octanol–water partition coefficient (Wildman–Crippen LogP) is 8.79. The molecule has 410 valence electrons. The Balaban J connectivity index is 1.65. The Hall–Kier alpha value is -3.81. The first-order valence-corrected chi connectivity index (χ1v) is 27.3. The number of hydrogen-bond acceptors (Lipinski definition) is 13. The van der Waals surface area contributed by atoms with Gasteiger partial charge in [0.15, 0.2) is 5.78 Å². The third-order valence-corrected chi connectivity index (χ3v) is 16.0. The van der Waals surface area contributed by atoms with Gasteiger partial charge in [0.25, 0.3) is 11.7 Å². The summed E-state index contributed by atoms with van der Waals surface area (Å²) in [4.78, 5) is 72.6. The van der Waals surface area contributed by atoms with Gasteiger partial charge in [-0.3, -0.25) is 19.2 Å². The van der Waals surface area contributed by atoms with Gasteiger partial charge in [-0.25, -0.2) is 4.79 Å². The van der Waals surface area contributed by atoms with Crippen molar-refractivity contribution >= 4 is 29.2 Å². The Bertz CT molecular complexity index is 1970. The van der Waals surface area contributed by atoms with Gasteiger partial charge in [-0.1, -0.05) is 83.9 Å². The van der Waals surface area contributed by atoms with E-state index >= 15 is 0 Å². The molecule has 0 aromatic heterocycles. The summed E-state index contributed by atoms with van der Waals surface area (Å²) in [6, 6.07) is -1.13. The summed E-state index contributed by atoms with van der Waals surface area (Å²) in [5.41, 5.74) is 1.28. The Morgan fingerprint density at radius 2 is 1.59 bits per heavy atom. The SMILES string of the molecule is C#CCCCCCCO[C@@H]1CC[C@@H](C[C@@H](C)[C@@H]2CC(=O)[C@H](C)/C=C(\C)[C@@H](O)[C@@H](OC)C(=O)[C@H](C)C[C@H](C)/C=C/C=C/C=C(\C)[C@@H](OC)C[C@@H]3CC[C@@H](C)[C@@](O)(O3)C(=O)C(=O)N3CCCC[C@H]3C(=O)O2)C[C@H]1OC. The molecule has 0 unspecified atom stereocenters. The van der Waals surface area contributed by atoms with Crippen molar-refractivity contribution in [2.24, 2.45) is 35.5 Å². The number of piperidine rings is 1. The highest BCUT2D eigenvalue weighted by Gasteiger charge is 2.53. The molecule has 3 heterocycles. The van der Waals surface area contributed by atoms with Crippen LogP contribution < -0.4 is 0 Å². The van der Waals surface area contributed by atoms with Crippen molar-refractivity contribution in [2.45, 2.75) is 212 Å². The number of ether oxygens (including phenoxy) is 6. The number of allylic oxidation sites excluding steroid dienone is 6. The summed E-state index contributed by atoms with van der Waals surface area (Å²) < 4.78 is 36.3. The minimum absolute atomic E-state index is 0.0188. The van der Waals surface area contributed by atoms with Crippen molar-refractivity contribution in [3.05, 3.63) is 47.6 Å². The highest BCUT2D eigenvalue weighted by atomic mass is 16.6. The second-order valence-electron chi connectivity index (χ2n) is 21.8. The smallest absolute Gasteiger partial charge is 0.329 e. The number of amides is 1. The maximum Gasteiger partial charge on any atom is 0.329 e. The van der Waals surface area contributed by atoms with Gasteiger partial charge in [-0.2, -0.15) is 0 Å². The van der Waals surface area contributed by atoms with Crippen LogP contribution in [0.15, 0.2) is 47.6 Å². The van der Waals surface area contributed by atoms with Crippen molar-refractivity contribution < 1.29 is 62.6 Å². The van der Waals surface area contributed by atoms with E-state index in [2.05, 4.69) is 5.92 Å². The average molecular weight is 1020 g/mol. The second-order valence-corrected chi connectivity index (χ2v) is 21.8. The van der Waals surface area contributed by atoms with E-state index in [4.69, 9.17) is 34.8 Å². The maximum absolute atomic E-state index is 14.6. The molecule has 4 rings (SSSR count). The number of rotatable bonds is 13. The third-order valence-electron chi connectivity index (χ3n) is 16.0. The molecule has 3 aliphatic heterocycles. The first kappa shape index (κ1) is 61.7. The molecular formula is C59H91NO13. The first-order chi connectivity index (χ1) is 34.8. The molecule has 1 saturated carbocycles. The lowest BCUT2D eigenvalue weighted by atomic mass is 9.78. The quantitative estimate of drug-likeness (QED) is 0.0587. The molecule has 15 atom stereocenters. The highest BCUT2D eigenvalue weighted by Crippen LogP contribution is 2.38. The number of aliphatic hydroxyl groups excluding tert-OH is 1. The summed E-state index contributed by atoms with van der Waals surface area (Å²) in [7, 11) is 4.67. The average Bonchev–Trinajstić information content (AvgIpc) is 3.37. The number of carbonyl (C=O) groups is 5. The molecule has 3 fully saturated rings. The number of carbonyl (C=O) groups excluding carboxylic acids is 5. The normalized spacial score (nSPS) is 37.2. The zero-order valence-electron chi connectivity index (χ0n) is 45.9. The molecule has 2 N–H and O–H groups in total. The molecule has 1 amide bonds. The molecule has 0 radical (unpaired) electrons. The van der Waals surface area contributed by atoms with E-state index in [1.807, 2.05) is 58.1 Å². The largest absolute Gasteiger partial charge is 0.460 e. The molecule has 2 saturated heterocycles. The van der Waals surface area contributed by atoms with Crippen molar-refractivity contribution in [1.29, 1.82) is 0 Å². The van der Waals surface area contributed by atoms with Crippen LogP contribution in [0, 0.1) is 47.9 Å². The minimum atomic E-state index is -2.43. The number of esters is 1. The van der Waals surface area contributed by atoms with Gasteiger partial charge in [0.1, 0.15) is 30.1 Å². The lowest BCUT2D eigenvalue weighted by Gasteiger charge is -2.42. The van der Waals surface area contributed by atoms with Gasteiger partial charge in [0.2, 0.25) is 5.79 Å². The number of methoxy groups -OCH3 is 3. The number of cyclic esters (lactones) is 1. The van der Waals surface area contributed by atoms with Gasteiger partial charge in [-0.05, 0) is 120 Å².